The lowest BCUT2D eigenvalue weighted by molar-refractivity contribution is -0.137. The molecule has 0 saturated heterocycles. The Bertz CT molecular complexity index is 261. The molecule has 1 atom stereocenters. The molecule has 72 valence electrons. The van der Waals surface area contributed by atoms with Gasteiger partial charge in [-0.25, -0.2) is 4.98 Å². The normalized spacial score (nSPS) is 12.4. The highest BCUT2D eigenvalue weighted by molar-refractivity contribution is 7.13. The van der Waals surface area contributed by atoms with Gasteiger partial charge in [0.15, 0.2) is 5.13 Å². The number of hydrogen-bond donors (Lipinski definition) is 2. The van der Waals surface area contributed by atoms with Crippen LogP contribution in [0.25, 0.3) is 0 Å². The highest BCUT2D eigenvalue weighted by atomic mass is 32.1. The zero-order valence-corrected chi connectivity index (χ0v) is 8.17. The standard InChI is InChI=1S/C8H12N2O2S/c1-6(4-7(11)12)5-10-8-9-2-3-13-8/h2-3,6H,4-5H2,1H3,(H,9,10)(H,11,12). The molecular formula is C8H12N2O2S. The lowest BCUT2D eigenvalue weighted by atomic mass is 10.1. The lowest BCUT2D eigenvalue weighted by Crippen LogP contribution is -2.14. The first kappa shape index (κ1) is 9.98. The number of nitrogens with zero attached hydrogens (tertiary/aromatic N) is 1. The first-order valence-electron chi connectivity index (χ1n) is 4.03. The van der Waals surface area contributed by atoms with Gasteiger partial charge in [-0.2, -0.15) is 0 Å². The van der Waals surface area contributed by atoms with E-state index in [4.69, 9.17) is 5.11 Å². The van der Waals surface area contributed by atoms with Crippen molar-refractivity contribution in [2.24, 2.45) is 5.92 Å². The zero-order chi connectivity index (χ0) is 9.68. The zero-order valence-electron chi connectivity index (χ0n) is 7.36. The van der Waals surface area contributed by atoms with E-state index in [1.165, 1.54) is 11.3 Å². The van der Waals surface area contributed by atoms with E-state index >= 15 is 0 Å². The number of anilines is 1. The molecule has 0 aliphatic rings. The third-order valence-corrected chi connectivity index (χ3v) is 2.29. The number of nitrogens with one attached hydrogen (secondary N) is 1. The van der Waals surface area contributed by atoms with Gasteiger partial charge in [-0.15, -0.1) is 11.3 Å². The highest BCUT2D eigenvalue weighted by Gasteiger charge is 2.07. The Hall–Kier alpha value is -1.10. The Morgan fingerprint density at radius 2 is 2.62 bits per heavy atom. The summed E-state index contributed by atoms with van der Waals surface area (Å²) < 4.78 is 0. The van der Waals surface area contributed by atoms with Crippen LogP contribution < -0.4 is 5.32 Å². The quantitative estimate of drug-likeness (QED) is 0.759. The summed E-state index contributed by atoms with van der Waals surface area (Å²) in [5.74, 6) is -0.630. The Morgan fingerprint density at radius 1 is 1.85 bits per heavy atom. The first-order chi connectivity index (χ1) is 6.18. The molecule has 1 unspecified atom stereocenters. The van der Waals surface area contributed by atoms with E-state index in [-0.39, 0.29) is 12.3 Å². The number of aromatic nitrogens is 1. The minimum atomic E-state index is -0.756. The van der Waals surface area contributed by atoms with E-state index in [1.807, 2.05) is 12.3 Å². The molecule has 0 radical (unpaired) electrons. The minimum absolute atomic E-state index is 0.126. The maximum atomic E-state index is 10.3. The third-order valence-electron chi connectivity index (χ3n) is 1.56. The van der Waals surface area contributed by atoms with Gasteiger partial charge in [-0.3, -0.25) is 4.79 Å². The van der Waals surface area contributed by atoms with Crippen LogP contribution in [0.1, 0.15) is 13.3 Å². The van der Waals surface area contributed by atoms with Gasteiger partial charge < -0.3 is 10.4 Å². The summed E-state index contributed by atoms with van der Waals surface area (Å²) in [6, 6.07) is 0. The van der Waals surface area contributed by atoms with Crippen LogP contribution in [0.4, 0.5) is 5.13 Å². The maximum absolute atomic E-state index is 10.3. The van der Waals surface area contributed by atoms with Crippen LogP contribution in [-0.2, 0) is 4.79 Å². The summed E-state index contributed by atoms with van der Waals surface area (Å²) >= 11 is 1.51. The van der Waals surface area contributed by atoms with Crippen molar-refractivity contribution >= 4 is 22.4 Å². The van der Waals surface area contributed by atoms with Crippen molar-refractivity contribution in [3.05, 3.63) is 11.6 Å². The number of aliphatic carboxylic acids is 1. The number of carboxylic acids is 1. The van der Waals surface area contributed by atoms with Crippen LogP contribution in [0.15, 0.2) is 11.6 Å². The molecule has 0 aliphatic carbocycles. The average molecular weight is 200 g/mol. The van der Waals surface area contributed by atoms with Crippen LogP contribution in [0.3, 0.4) is 0 Å². The topological polar surface area (TPSA) is 62.2 Å². The van der Waals surface area contributed by atoms with Gasteiger partial charge in [-0.05, 0) is 5.92 Å². The molecule has 1 aromatic rings. The van der Waals surface area contributed by atoms with E-state index < -0.39 is 5.97 Å². The van der Waals surface area contributed by atoms with Crippen molar-refractivity contribution in [2.45, 2.75) is 13.3 Å². The fourth-order valence-electron chi connectivity index (χ4n) is 0.943. The monoisotopic (exact) mass is 200 g/mol. The second-order valence-electron chi connectivity index (χ2n) is 2.92. The molecule has 1 rings (SSSR count). The predicted molar refractivity (Wildman–Crippen MR) is 52.0 cm³/mol. The van der Waals surface area contributed by atoms with E-state index in [1.54, 1.807) is 6.20 Å². The molecule has 13 heavy (non-hydrogen) atoms. The van der Waals surface area contributed by atoms with Gasteiger partial charge in [-0.1, -0.05) is 6.92 Å². The second-order valence-corrected chi connectivity index (χ2v) is 3.82. The number of carboxylic acid groups (broad SMARTS) is 1. The Morgan fingerprint density at radius 3 is 3.15 bits per heavy atom. The third kappa shape index (κ3) is 3.89. The summed E-state index contributed by atoms with van der Waals surface area (Å²) in [4.78, 5) is 14.4. The van der Waals surface area contributed by atoms with Crippen molar-refractivity contribution in [3.8, 4) is 0 Å². The summed E-state index contributed by atoms with van der Waals surface area (Å²) in [5.41, 5.74) is 0. The maximum Gasteiger partial charge on any atom is 0.303 e. The van der Waals surface area contributed by atoms with E-state index in [2.05, 4.69) is 10.3 Å². The molecule has 0 saturated carbocycles. The summed E-state index contributed by atoms with van der Waals surface area (Å²) in [6.07, 6.45) is 1.91. The van der Waals surface area contributed by atoms with Gasteiger partial charge in [0, 0.05) is 24.5 Å². The van der Waals surface area contributed by atoms with Gasteiger partial charge >= 0.3 is 5.97 Å². The van der Waals surface area contributed by atoms with Crippen LogP contribution >= 0.6 is 11.3 Å². The average Bonchev–Trinajstić information content (AvgIpc) is 2.51. The molecule has 0 fully saturated rings. The van der Waals surface area contributed by atoms with Crippen molar-refractivity contribution in [1.29, 1.82) is 0 Å². The van der Waals surface area contributed by atoms with Gasteiger partial charge in [0.1, 0.15) is 0 Å². The van der Waals surface area contributed by atoms with E-state index in [0.29, 0.717) is 6.54 Å². The highest BCUT2D eigenvalue weighted by Crippen LogP contribution is 2.11. The molecule has 0 aliphatic heterocycles. The van der Waals surface area contributed by atoms with Crippen molar-refractivity contribution in [2.75, 3.05) is 11.9 Å². The first-order valence-corrected chi connectivity index (χ1v) is 4.91. The van der Waals surface area contributed by atoms with Crippen LogP contribution in [-0.4, -0.2) is 22.6 Å². The fraction of sp³-hybridized carbons (Fsp3) is 0.500. The molecule has 5 heteroatoms. The number of carbonyl (C=O) groups is 1. The fourth-order valence-corrected chi connectivity index (χ4v) is 1.48. The number of rotatable bonds is 5. The molecule has 1 heterocycles. The van der Waals surface area contributed by atoms with Crippen LogP contribution in [0.2, 0.25) is 0 Å². The lowest BCUT2D eigenvalue weighted by Gasteiger charge is -2.08. The molecule has 1 aromatic heterocycles. The number of thiazole rings is 1. The minimum Gasteiger partial charge on any atom is -0.481 e. The number of hydrogen-bond acceptors (Lipinski definition) is 4. The molecule has 0 spiro atoms. The SMILES string of the molecule is CC(CNc1nccs1)CC(=O)O. The van der Waals surface area contributed by atoms with Gasteiger partial charge in [0.25, 0.3) is 0 Å². The Labute approximate surface area is 80.6 Å². The summed E-state index contributed by atoms with van der Waals surface area (Å²) in [6.45, 7) is 2.55. The molecule has 0 amide bonds. The predicted octanol–water partition coefficient (Wildman–Crippen LogP) is 1.67. The molecular weight excluding hydrogens is 188 g/mol. The van der Waals surface area contributed by atoms with Crippen LogP contribution in [0.5, 0.6) is 0 Å². The Kier molecular flexibility index (Phi) is 3.70. The van der Waals surface area contributed by atoms with Gasteiger partial charge in [0.05, 0.1) is 0 Å². The smallest absolute Gasteiger partial charge is 0.303 e. The molecule has 2 N–H and O–H groups in total. The molecule has 4 nitrogen and oxygen atoms in total. The second kappa shape index (κ2) is 4.81. The van der Waals surface area contributed by atoms with Crippen LogP contribution in [0, 0.1) is 5.92 Å². The van der Waals surface area contributed by atoms with Crippen molar-refractivity contribution in [3.63, 3.8) is 0 Å². The summed E-state index contributed by atoms with van der Waals surface area (Å²) in [5, 5.41) is 14.3. The van der Waals surface area contributed by atoms with Gasteiger partial charge in [0.2, 0.25) is 0 Å². The van der Waals surface area contributed by atoms with E-state index in [0.717, 1.165) is 5.13 Å². The largest absolute Gasteiger partial charge is 0.481 e. The van der Waals surface area contributed by atoms with E-state index in [9.17, 15) is 4.79 Å². The molecule has 0 aromatic carbocycles. The van der Waals surface area contributed by atoms with Crippen molar-refractivity contribution in [1.82, 2.24) is 4.98 Å². The summed E-state index contributed by atoms with van der Waals surface area (Å²) in [7, 11) is 0. The Balaban J connectivity index is 2.22. The van der Waals surface area contributed by atoms with Crippen molar-refractivity contribution < 1.29 is 9.90 Å². The molecule has 0 bridgehead atoms.